The Morgan fingerprint density at radius 3 is 2.81 bits per heavy atom. The van der Waals surface area contributed by atoms with Crippen LogP contribution in [-0.4, -0.2) is 82.6 Å². The van der Waals surface area contributed by atoms with Gasteiger partial charge in [-0.25, -0.2) is 4.79 Å². The molecule has 0 radical (unpaired) electrons. The van der Waals surface area contributed by atoms with Crippen molar-refractivity contribution in [2.75, 3.05) is 32.8 Å². The minimum absolute atomic E-state index is 0.0146. The molecule has 1 saturated carbocycles. The van der Waals surface area contributed by atoms with E-state index in [0.29, 0.717) is 19.0 Å². The van der Waals surface area contributed by atoms with Crippen LogP contribution in [0.4, 0.5) is 18.0 Å². The van der Waals surface area contributed by atoms with Crippen molar-refractivity contribution < 1.29 is 27.5 Å². The number of rotatable bonds is 3. The van der Waals surface area contributed by atoms with Crippen molar-refractivity contribution in [3.8, 4) is 0 Å². The van der Waals surface area contributed by atoms with Gasteiger partial charge in [0.15, 0.2) is 0 Å². The molecule has 4 heterocycles. The van der Waals surface area contributed by atoms with E-state index in [0.717, 1.165) is 49.0 Å². The van der Waals surface area contributed by atoms with Gasteiger partial charge in [-0.3, -0.25) is 9.48 Å². The van der Waals surface area contributed by atoms with E-state index < -0.39 is 12.7 Å². The maximum absolute atomic E-state index is 12.8. The number of likely N-dealkylation sites (tertiary alicyclic amines) is 2. The number of hydrogen-bond donors (Lipinski definition) is 1. The van der Waals surface area contributed by atoms with Gasteiger partial charge in [-0.15, -0.1) is 0 Å². The van der Waals surface area contributed by atoms with E-state index >= 15 is 0 Å². The molecule has 11 heteroatoms. The highest BCUT2D eigenvalue weighted by atomic mass is 19.4. The molecule has 3 amide bonds. The van der Waals surface area contributed by atoms with Crippen LogP contribution in [0.2, 0.25) is 0 Å². The molecule has 3 aliphatic heterocycles. The molecule has 1 aromatic heterocycles. The number of amides is 3. The number of hydrogen-bond acceptors (Lipinski definition) is 4. The summed E-state index contributed by atoms with van der Waals surface area (Å²) in [7, 11) is 0. The van der Waals surface area contributed by atoms with Crippen molar-refractivity contribution >= 4 is 11.9 Å². The zero-order valence-electron chi connectivity index (χ0n) is 17.1. The summed E-state index contributed by atoms with van der Waals surface area (Å²) in [6.45, 7) is 1.58. The second-order valence-corrected chi connectivity index (χ2v) is 9.54. The first-order valence-corrected chi connectivity index (χ1v) is 10.7. The molecule has 3 saturated heterocycles. The highest BCUT2D eigenvalue weighted by molar-refractivity contribution is 5.79. The fourth-order valence-corrected chi connectivity index (χ4v) is 5.66. The summed E-state index contributed by atoms with van der Waals surface area (Å²) in [6.07, 6.45) is 2.12. The molecule has 1 aliphatic carbocycles. The number of morpholine rings is 1. The third-order valence-electron chi connectivity index (χ3n) is 6.91. The first-order valence-electron chi connectivity index (χ1n) is 10.7. The number of carbonyl (C=O) groups is 2. The van der Waals surface area contributed by atoms with Gasteiger partial charge < -0.3 is 19.9 Å². The lowest BCUT2D eigenvalue weighted by molar-refractivity contribution is -0.142. The Hall–Kier alpha value is -2.30. The molecule has 4 fully saturated rings. The highest BCUT2D eigenvalue weighted by Crippen LogP contribution is 2.53. The van der Waals surface area contributed by atoms with Gasteiger partial charge in [-0.05, 0) is 37.2 Å². The average molecular weight is 441 g/mol. The number of aromatic nitrogens is 2. The van der Waals surface area contributed by atoms with Gasteiger partial charge in [0, 0.05) is 37.8 Å². The Bertz CT molecular complexity index is 858. The van der Waals surface area contributed by atoms with Crippen LogP contribution in [0.1, 0.15) is 24.8 Å². The van der Waals surface area contributed by atoms with Gasteiger partial charge in [0.2, 0.25) is 5.91 Å². The van der Waals surface area contributed by atoms with Gasteiger partial charge in [0.25, 0.3) is 0 Å². The fraction of sp³-hybridized carbons (Fsp3) is 0.750. The summed E-state index contributed by atoms with van der Waals surface area (Å²) in [5.74, 6) is 0.286. The predicted octanol–water partition coefficient (Wildman–Crippen LogP) is 1.41. The topological polar surface area (TPSA) is 79.7 Å². The third kappa shape index (κ3) is 4.24. The number of carbonyl (C=O) groups excluding carboxylic acids is 2. The third-order valence-corrected chi connectivity index (χ3v) is 6.91. The summed E-state index contributed by atoms with van der Waals surface area (Å²) < 4.78 is 43.9. The predicted molar refractivity (Wildman–Crippen MR) is 102 cm³/mol. The van der Waals surface area contributed by atoms with E-state index in [1.807, 2.05) is 4.90 Å². The number of nitrogens with zero attached hydrogens (tertiary/aromatic N) is 4. The molecule has 0 aromatic carbocycles. The van der Waals surface area contributed by atoms with Crippen molar-refractivity contribution in [2.45, 2.75) is 50.6 Å². The lowest BCUT2D eigenvalue weighted by Gasteiger charge is -2.60. The average Bonchev–Trinajstić information content (AvgIpc) is 3.06. The van der Waals surface area contributed by atoms with Gasteiger partial charge in [-0.2, -0.15) is 18.3 Å². The summed E-state index contributed by atoms with van der Waals surface area (Å²) in [5, 5.41) is 6.72. The number of urea groups is 1. The second-order valence-electron chi connectivity index (χ2n) is 9.54. The van der Waals surface area contributed by atoms with E-state index in [1.54, 1.807) is 4.90 Å². The highest BCUT2D eigenvalue weighted by Gasteiger charge is 2.54. The maximum Gasteiger partial charge on any atom is 0.408 e. The summed E-state index contributed by atoms with van der Waals surface area (Å²) in [6, 6.07) is -0.124. The molecule has 0 unspecified atom stereocenters. The van der Waals surface area contributed by atoms with Crippen molar-refractivity contribution in [1.82, 2.24) is 24.9 Å². The Kier molecular flexibility index (Phi) is 4.91. The second kappa shape index (κ2) is 7.39. The molecule has 0 bridgehead atoms. The summed E-state index contributed by atoms with van der Waals surface area (Å²) in [5.41, 5.74) is 0.985. The molecular weight excluding hydrogens is 415 g/mol. The first kappa shape index (κ1) is 20.6. The van der Waals surface area contributed by atoms with Crippen LogP contribution in [0.5, 0.6) is 0 Å². The minimum atomic E-state index is -4.27. The molecule has 170 valence electrons. The smallest absolute Gasteiger partial charge is 0.366 e. The number of halogens is 3. The molecule has 2 atom stereocenters. The van der Waals surface area contributed by atoms with Crippen LogP contribution in [0.3, 0.4) is 0 Å². The van der Waals surface area contributed by atoms with E-state index in [4.69, 9.17) is 4.74 Å². The monoisotopic (exact) mass is 441 g/mol. The van der Waals surface area contributed by atoms with Crippen molar-refractivity contribution in [2.24, 2.45) is 11.3 Å². The molecule has 31 heavy (non-hydrogen) atoms. The van der Waals surface area contributed by atoms with Crippen LogP contribution in [0.25, 0.3) is 0 Å². The van der Waals surface area contributed by atoms with Gasteiger partial charge in [-0.1, -0.05) is 0 Å². The van der Waals surface area contributed by atoms with E-state index in [2.05, 4.69) is 10.4 Å². The molecule has 4 aliphatic rings. The van der Waals surface area contributed by atoms with Crippen LogP contribution >= 0.6 is 0 Å². The first-order chi connectivity index (χ1) is 14.7. The lowest BCUT2D eigenvalue weighted by Crippen LogP contribution is -2.68. The number of ether oxygens (including phenoxy) is 1. The van der Waals surface area contributed by atoms with Gasteiger partial charge >= 0.3 is 12.2 Å². The van der Waals surface area contributed by atoms with E-state index in [9.17, 15) is 22.8 Å². The molecular formula is C20H26F3N5O3. The van der Waals surface area contributed by atoms with Crippen LogP contribution < -0.4 is 5.32 Å². The SMILES string of the molecule is O=C1CO[C@H]2CCN(C(=O)N3CC4(CC(Cc5cnn(CC(F)(F)F)c5)C4)C3)C[C@H]2N1. The number of alkyl halides is 3. The Morgan fingerprint density at radius 1 is 1.29 bits per heavy atom. The molecule has 5 rings (SSSR count). The van der Waals surface area contributed by atoms with Crippen molar-refractivity contribution in [1.29, 1.82) is 0 Å². The lowest BCUT2D eigenvalue weighted by atomic mass is 9.56. The van der Waals surface area contributed by atoms with Gasteiger partial charge in [0.05, 0.1) is 18.3 Å². The minimum Gasteiger partial charge on any atom is -0.366 e. The molecule has 1 spiro atoms. The fourth-order valence-electron chi connectivity index (χ4n) is 5.66. The Morgan fingerprint density at radius 2 is 2.06 bits per heavy atom. The van der Waals surface area contributed by atoms with Gasteiger partial charge in [0.1, 0.15) is 13.2 Å². The summed E-state index contributed by atoms with van der Waals surface area (Å²) >= 11 is 0. The molecule has 8 nitrogen and oxygen atoms in total. The molecule has 1 N–H and O–H groups in total. The number of fused-ring (bicyclic) bond motifs is 1. The zero-order valence-corrected chi connectivity index (χ0v) is 17.1. The van der Waals surface area contributed by atoms with E-state index in [1.165, 1.54) is 12.4 Å². The number of piperidine rings is 1. The van der Waals surface area contributed by atoms with E-state index in [-0.39, 0.29) is 36.1 Å². The number of nitrogens with one attached hydrogen (secondary N) is 1. The van der Waals surface area contributed by atoms with Crippen molar-refractivity contribution in [3.05, 3.63) is 18.0 Å². The zero-order chi connectivity index (χ0) is 21.8. The summed E-state index contributed by atoms with van der Waals surface area (Å²) in [4.78, 5) is 28.1. The maximum atomic E-state index is 12.8. The quantitative estimate of drug-likeness (QED) is 0.769. The van der Waals surface area contributed by atoms with Crippen molar-refractivity contribution in [3.63, 3.8) is 0 Å². The Labute approximate surface area is 177 Å². The van der Waals surface area contributed by atoms with Crippen LogP contribution in [0, 0.1) is 11.3 Å². The molecule has 1 aromatic rings. The van der Waals surface area contributed by atoms with Crippen LogP contribution in [-0.2, 0) is 22.5 Å². The normalized spacial score (nSPS) is 28.0. The Balaban J connectivity index is 1.07. The standard InChI is InChI=1S/C20H26F3N5O3/c21-20(22,23)12-28-7-14(6-24-28)3-13-4-19(5-13)10-27(11-19)18(30)26-2-1-16-15(8-26)25-17(29)9-31-16/h6-7,13,15-16H,1-5,8-12H2,(H,25,29)/t15-,16+/m1/s1. The largest absolute Gasteiger partial charge is 0.408 e. The van der Waals surface area contributed by atoms with Crippen LogP contribution in [0.15, 0.2) is 12.4 Å².